The number of aryl methyl sites for hydroxylation is 1. The van der Waals surface area contributed by atoms with Gasteiger partial charge in [0.25, 0.3) is 0 Å². The van der Waals surface area contributed by atoms with Crippen LogP contribution in [0.15, 0.2) is 29.6 Å². The Balaban J connectivity index is 1.95. The van der Waals surface area contributed by atoms with Crippen molar-refractivity contribution in [3.63, 3.8) is 0 Å². The topological polar surface area (TPSA) is 82.5 Å². The number of amides is 1. The number of aliphatic carboxylic acids is 1. The van der Waals surface area contributed by atoms with E-state index in [2.05, 4.69) is 10.3 Å². The van der Waals surface area contributed by atoms with E-state index in [0.29, 0.717) is 12.2 Å². The Hall–Kier alpha value is -2.25. The molecule has 1 amide bonds. The van der Waals surface area contributed by atoms with Gasteiger partial charge in [0.2, 0.25) is 5.91 Å². The van der Waals surface area contributed by atoms with Gasteiger partial charge in [-0.1, -0.05) is 12.1 Å². The van der Waals surface area contributed by atoms with Gasteiger partial charge in [-0.05, 0) is 26.1 Å². The Kier molecular flexibility index (Phi) is 5.84. The molecule has 0 spiro atoms. The number of nitrogens with one attached hydrogen (secondary N) is 1. The van der Waals surface area contributed by atoms with Crippen molar-refractivity contribution in [3.8, 4) is 11.3 Å². The Labute approximate surface area is 138 Å². The predicted molar refractivity (Wildman–Crippen MR) is 90.7 cm³/mol. The molecule has 2 aromatic rings. The average Bonchev–Trinajstić information content (AvgIpc) is 2.92. The molecule has 1 aromatic carbocycles. The molecule has 2 N–H and O–H groups in total. The molecule has 122 valence electrons. The van der Waals surface area contributed by atoms with Crippen molar-refractivity contribution in [1.82, 2.24) is 9.88 Å². The van der Waals surface area contributed by atoms with Gasteiger partial charge in [-0.15, -0.1) is 11.3 Å². The Morgan fingerprint density at radius 2 is 2.17 bits per heavy atom. The summed E-state index contributed by atoms with van der Waals surface area (Å²) in [6.45, 7) is 2.43. The highest BCUT2D eigenvalue weighted by atomic mass is 32.1. The molecule has 2 rings (SSSR count). The fraction of sp³-hybridized carbons (Fsp3) is 0.312. The first kappa shape index (κ1) is 17.1. The van der Waals surface area contributed by atoms with E-state index in [1.807, 2.05) is 36.6 Å². The summed E-state index contributed by atoms with van der Waals surface area (Å²) in [6.07, 6.45) is 0.0163. The number of carboxylic acid groups (broad SMARTS) is 1. The third-order valence-electron chi connectivity index (χ3n) is 3.18. The standard InChI is InChI=1S/C16H19N3O3S/c1-11-17-14(10-23-11)12-4-3-5-13(8-12)18-15(20)9-19(2)7-6-16(21)22/h3-5,8,10H,6-7,9H2,1-2H3,(H,18,20)(H,21,22). The molecule has 0 fully saturated rings. The lowest BCUT2D eigenvalue weighted by atomic mass is 10.1. The number of carbonyl (C=O) groups is 2. The number of thiazole rings is 1. The smallest absolute Gasteiger partial charge is 0.304 e. The van der Waals surface area contributed by atoms with Gasteiger partial charge in [0.1, 0.15) is 0 Å². The van der Waals surface area contributed by atoms with Crippen molar-refractivity contribution in [1.29, 1.82) is 0 Å². The maximum atomic E-state index is 12.0. The molecule has 0 unspecified atom stereocenters. The van der Waals surface area contributed by atoms with Crippen LogP contribution in [0, 0.1) is 6.92 Å². The third-order valence-corrected chi connectivity index (χ3v) is 3.96. The molecule has 0 saturated heterocycles. The maximum Gasteiger partial charge on any atom is 0.304 e. The van der Waals surface area contributed by atoms with Gasteiger partial charge in [-0.3, -0.25) is 14.5 Å². The second-order valence-corrected chi connectivity index (χ2v) is 6.32. The number of aromatic nitrogens is 1. The molecule has 23 heavy (non-hydrogen) atoms. The number of nitrogens with zero attached hydrogens (tertiary/aromatic N) is 2. The fourth-order valence-corrected chi connectivity index (χ4v) is 2.69. The van der Waals surface area contributed by atoms with Crippen molar-refractivity contribution in [2.24, 2.45) is 0 Å². The lowest BCUT2D eigenvalue weighted by molar-refractivity contribution is -0.137. The van der Waals surface area contributed by atoms with Crippen LogP contribution in [-0.2, 0) is 9.59 Å². The van der Waals surface area contributed by atoms with E-state index in [4.69, 9.17) is 5.11 Å². The third kappa shape index (κ3) is 5.46. The second kappa shape index (κ2) is 7.85. The first-order valence-electron chi connectivity index (χ1n) is 7.17. The van der Waals surface area contributed by atoms with Crippen LogP contribution in [0.25, 0.3) is 11.3 Å². The molecular formula is C16H19N3O3S. The summed E-state index contributed by atoms with van der Waals surface area (Å²) >= 11 is 1.58. The van der Waals surface area contributed by atoms with Crippen molar-refractivity contribution in [2.75, 3.05) is 25.5 Å². The van der Waals surface area contributed by atoms with Gasteiger partial charge in [0, 0.05) is 23.2 Å². The summed E-state index contributed by atoms with van der Waals surface area (Å²) in [5.74, 6) is -1.05. The van der Waals surface area contributed by atoms with Crippen LogP contribution in [0.1, 0.15) is 11.4 Å². The first-order valence-corrected chi connectivity index (χ1v) is 8.05. The zero-order chi connectivity index (χ0) is 16.8. The van der Waals surface area contributed by atoms with E-state index in [1.54, 1.807) is 23.3 Å². The molecule has 6 nitrogen and oxygen atoms in total. The van der Waals surface area contributed by atoms with Gasteiger partial charge in [0.15, 0.2) is 0 Å². The van der Waals surface area contributed by atoms with E-state index in [9.17, 15) is 9.59 Å². The Bertz CT molecular complexity index is 699. The van der Waals surface area contributed by atoms with Crippen molar-refractivity contribution >= 4 is 28.9 Å². The van der Waals surface area contributed by atoms with E-state index in [0.717, 1.165) is 16.3 Å². The molecular weight excluding hydrogens is 314 g/mol. The monoisotopic (exact) mass is 333 g/mol. The highest BCUT2D eigenvalue weighted by molar-refractivity contribution is 7.09. The number of likely N-dealkylation sites (N-methyl/N-ethyl adjacent to an activating group) is 1. The van der Waals surface area contributed by atoms with Crippen LogP contribution < -0.4 is 5.32 Å². The molecule has 1 aromatic heterocycles. The lowest BCUT2D eigenvalue weighted by Gasteiger charge is -2.15. The van der Waals surface area contributed by atoms with E-state index < -0.39 is 5.97 Å². The molecule has 0 radical (unpaired) electrons. The van der Waals surface area contributed by atoms with Crippen LogP contribution in [0.5, 0.6) is 0 Å². The summed E-state index contributed by atoms with van der Waals surface area (Å²) in [5, 5.41) is 14.4. The number of anilines is 1. The van der Waals surface area contributed by atoms with E-state index in [1.165, 1.54) is 0 Å². The fourth-order valence-electron chi connectivity index (χ4n) is 2.06. The van der Waals surface area contributed by atoms with E-state index in [-0.39, 0.29) is 18.9 Å². The average molecular weight is 333 g/mol. The Morgan fingerprint density at radius 3 is 2.83 bits per heavy atom. The number of carbonyl (C=O) groups excluding carboxylic acids is 1. The minimum absolute atomic E-state index is 0.0163. The van der Waals surface area contributed by atoms with Crippen LogP contribution in [-0.4, -0.2) is 47.0 Å². The minimum atomic E-state index is -0.872. The van der Waals surface area contributed by atoms with Crippen LogP contribution in [0.3, 0.4) is 0 Å². The van der Waals surface area contributed by atoms with Crippen LogP contribution in [0.4, 0.5) is 5.69 Å². The molecule has 0 aliphatic heterocycles. The van der Waals surface area contributed by atoms with Gasteiger partial charge in [-0.2, -0.15) is 0 Å². The minimum Gasteiger partial charge on any atom is -0.481 e. The van der Waals surface area contributed by atoms with Crippen molar-refractivity contribution in [3.05, 3.63) is 34.7 Å². The lowest BCUT2D eigenvalue weighted by Crippen LogP contribution is -2.31. The number of carboxylic acids is 1. The van der Waals surface area contributed by atoms with Crippen LogP contribution in [0.2, 0.25) is 0 Å². The Morgan fingerprint density at radius 1 is 1.39 bits per heavy atom. The highest BCUT2D eigenvalue weighted by Gasteiger charge is 2.09. The molecule has 0 aliphatic rings. The first-order chi connectivity index (χ1) is 10.9. The van der Waals surface area contributed by atoms with Gasteiger partial charge < -0.3 is 10.4 Å². The molecule has 1 heterocycles. The number of hydrogen-bond donors (Lipinski definition) is 2. The van der Waals surface area contributed by atoms with Crippen LogP contribution >= 0.6 is 11.3 Å². The molecule has 7 heteroatoms. The summed E-state index contributed by atoms with van der Waals surface area (Å²) in [7, 11) is 1.72. The quantitative estimate of drug-likeness (QED) is 0.813. The number of rotatable bonds is 7. The zero-order valence-electron chi connectivity index (χ0n) is 13.1. The summed E-state index contributed by atoms with van der Waals surface area (Å²) < 4.78 is 0. The maximum absolute atomic E-state index is 12.0. The zero-order valence-corrected chi connectivity index (χ0v) is 13.9. The normalized spacial score (nSPS) is 10.7. The van der Waals surface area contributed by atoms with E-state index >= 15 is 0 Å². The summed E-state index contributed by atoms with van der Waals surface area (Å²) in [6, 6.07) is 7.51. The summed E-state index contributed by atoms with van der Waals surface area (Å²) in [4.78, 5) is 28.6. The van der Waals surface area contributed by atoms with Gasteiger partial charge >= 0.3 is 5.97 Å². The van der Waals surface area contributed by atoms with Crippen molar-refractivity contribution < 1.29 is 14.7 Å². The molecule has 0 saturated carbocycles. The molecule has 0 atom stereocenters. The van der Waals surface area contributed by atoms with Crippen molar-refractivity contribution in [2.45, 2.75) is 13.3 Å². The molecule has 0 aliphatic carbocycles. The molecule has 0 bridgehead atoms. The number of benzene rings is 1. The highest BCUT2D eigenvalue weighted by Crippen LogP contribution is 2.24. The summed E-state index contributed by atoms with van der Waals surface area (Å²) in [5.41, 5.74) is 2.54. The largest absolute Gasteiger partial charge is 0.481 e. The SMILES string of the molecule is Cc1nc(-c2cccc(NC(=O)CN(C)CCC(=O)O)c2)cs1. The predicted octanol–water partition coefficient (Wildman–Crippen LogP) is 2.46. The van der Waals surface area contributed by atoms with Gasteiger partial charge in [-0.25, -0.2) is 4.98 Å². The number of hydrogen-bond acceptors (Lipinski definition) is 5. The van der Waals surface area contributed by atoms with Gasteiger partial charge in [0.05, 0.1) is 23.7 Å². The second-order valence-electron chi connectivity index (χ2n) is 5.26.